The zero-order chi connectivity index (χ0) is 17.8. The fourth-order valence-corrected chi connectivity index (χ4v) is 2.54. The van der Waals surface area contributed by atoms with Gasteiger partial charge in [0.15, 0.2) is 5.96 Å². The highest BCUT2D eigenvalue weighted by atomic mass is 16.5. The van der Waals surface area contributed by atoms with E-state index >= 15 is 0 Å². The van der Waals surface area contributed by atoms with Gasteiger partial charge in [0.05, 0.1) is 13.2 Å². The number of rotatable bonds is 10. The molecule has 136 valence electrons. The number of guanidine groups is 1. The number of carbonyl (C=O) groups excluding carboxylic acids is 1. The van der Waals surface area contributed by atoms with Gasteiger partial charge < -0.3 is 19.5 Å². The Morgan fingerprint density at radius 1 is 1.33 bits per heavy atom. The number of nitrogens with zero attached hydrogens (tertiary/aromatic N) is 3. The normalized spacial score (nSPS) is 11.4. The number of aryl methyl sites for hydroxylation is 1. The molecule has 0 spiro atoms. The number of nitrogens with one attached hydrogen (secondary N) is 1. The summed E-state index contributed by atoms with van der Waals surface area (Å²) in [5, 5.41) is 3.40. The average Bonchev–Trinajstić information content (AvgIpc) is 2.95. The largest absolute Gasteiger partial charge is 0.466 e. The van der Waals surface area contributed by atoms with Gasteiger partial charge in [0, 0.05) is 46.0 Å². The molecule has 0 radical (unpaired) electrons. The monoisotopic (exact) mass is 336 g/mol. The van der Waals surface area contributed by atoms with Crippen molar-refractivity contribution in [3.05, 3.63) is 24.0 Å². The Bertz CT molecular complexity index is 511. The summed E-state index contributed by atoms with van der Waals surface area (Å²) in [6, 6.07) is 4.17. The summed E-state index contributed by atoms with van der Waals surface area (Å²) < 4.78 is 7.04. The first-order valence-electron chi connectivity index (χ1n) is 8.76. The zero-order valence-corrected chi connectivity index (χ0v) is 15.5. The summed E-state index contributed by atoms with van der Waals surface area (Å²) in [6.45, 7) is 4.02. The molecule has 0 atom stereocenters. The number of hydrogen-bond donors (Lipinski definition) is 1. The predicted molar refractivity (Wildman–Crippen MR) is 98.0 cm³/mol. The highest BCUT2D eigenvalue weighted by molar-refractivity contribution is 5.79. The summed E-state index contributed by atoms with van der Waals surface area (Å²) in [4.78, 5) is 17.7. The van der Waals surface area contributed by atoms with Gasteiger partial charge in [-0.25, -0.2) is 0 Å². The van der Waals surface area contributed by atoms with Crippen molar-refractivity contribution in [3.63, 3.8) is 0 Å². The van der Waals surface area contributed by atoms with Gasteiger partial charge in [0.1, 0.15) is 0 Å². The Hall–Kier alpha value is -1.98. The van der Waals surface area contributed by atoms with Crippen LogP contribution in [0.25, 0.3) is 0 Å². The quantitative estimate of drug-likeness (QED) is 0.309. The van der Waals surface area contributed by atoms with Gasteiger partial charge in [-0.3, -0.25) is 9.79 Å². The third-order valence-electron chi connectivity index (χ3n) is 3.92. The molecule has 1 aromatic rings. The van der Waals surface area contributed by atoms with Crippen molar-refractivity contribution in [3.8, 4) is 0 Å². The standard InChI is InChI=1S/C18H32N4O2/c1-5-24-17(23)12-8-6-7-9-13-20-18(19-2)22(4)15-16-11-10-14-21(16)3/h10-11,14H,5-9,12-13,15H2,1-4H3,(H,19,20). The maximum Gasteiger partial charge on any atom is 0.305 e. The van der Waals surface area contributed by atoms with Crippen molar-refractivity contribution in [1.29, 1.82) is 0 Å². The van der Waals surface area contributed by atoms with Crippen molar-refractivity contribution >= 4 is 11.9 Å². The van der Waals surface area contributed by atoms with Crippen LogP contribution in [0.5, 0.6) is 0 Å². The van der Waals surface area contributed by atoms with Gasteiger partial charge in [-0.05, 0) is 31.9 Å². The van der Waals surface area contributed by atoms with Gasteiger partial charge in [0.2, 0.25) is 0 Å². The Kier molecular flexibility index (Phi) is 9.65. The predicted octanol–water partition coefficient (Wildman–Crippen LogP) is 2.55. The molecule has 1 heterocycles. The molecule has 0 aromatic carbocycles. The number of carbonyl (C=O) groups is 1. The Labute approximate surface area is 145 Å². The summed E-state index contributed by atoms with van der Waals surface area (Å²) in [5.41, 5.74) is 1.25. The van der Waals surface area contributed by atoms with Crippen molar-refractivity contribution in [2.45, 2.75) is 45.6 Å². The lowest BCUT2D eigenvalue weighted by Gasteiger charge is -2.22. The Morgan fingerprint density at radius 3 is 2.71 bits per heavy atom. The summed E-state index contributed by atoms with van der Waals surface area (Å²) in [6.07, 6.45) is 6.71. The number of hydrogen-bond acceptors (Lipinski definition) is 3. The fraction of sp³-hybridized carbons (Fsp3) is 0.667. The van der Waals surface area contributed by atoms with Gasteiger partial charge in [-0.1, -0.05) is 12.8 Å². The molecule has 1 rings (SSSR count). The molecule has 6 nitrogen and oxygen atoms in total. The van der Waals surface area contributed by atoms with Crippen molar-refractivity contribution < 1.29 is 9.53 Å². The summed E-state index contributed by atoms with van der Waals surface area (Å²) >= 11 is 0. The van der Waals surface area contributed by atoms with Crippen LogP contribution in [0, 0.1) is 0 Å². The average molecular weight is 336 g/mol. The molecule has 6 heteroatoms. The van der Waals surface area contributed by atoms with Gasteiger partial charge in [0.25, 0.3) is 0 Å². The maximum atomic E-state index is 11.2. The van der Waals surface area contributed by atoms with Gasteiger partial charge in [-0.2, -0.15) is 0 Å². The first kappa shape index (κ1) is 20.1. The molecule has 0 unspecified atom stereocenters. The van der Waals surface area contributed by atoms with Crippen LogP contribution in [0.3, 0.4) is 0 Å². The minimum absolute atomic E-state index is 0.0849. The van der Waals surface area contributed by atoms with E-state index in [1.54, 1.807) is 0 Å². The number of esters is 1. The van der Waals surface area contributed by atoms with Gasteiger partial charge in [-0.15, -0.1) is 0 Å². The summed E-state index contributed by atoms with van der Waals surface area (Å²) in [7, 11) is 5.90. The van der Waals surface area contributed by atoms with Crippen LogP contribution >= 0.6 is 0 Å². The first-order valence-corrected chi connectivity index (χ1v) is 8.76. The van der Waals surface area contributed by atoms with Crippen LogP contribution in [-0.2, 0) is 23.1 Å². The van der Waals surface area contributed by atoms with Crippen LogP contribution in [-0.4, -0.2) is 48.6 Å². The topological polar surface area (TPSA) is 58.9 Å². The zero-order valence-electron chi connectivity index (χ0n) is 15.5. The number of unbranched alkanes of at least 4 members (excludes halogenated alkanes) is 3. The van der Waals surface area contributed by atoms with E-state index in [1.165, 1.54) is 5.69 Å². The highest BCUT2D eigenvalue weighted by Gasteiger charge is 2.07. The van der Waals surface area contributed by atoms with Crippen LogP contribution in [0.15, 0.2) is 23.3 Å². The van der Waals surface area contributed by atoms with Crippen LogP contribution in [0.4, 0.5) is 0 Å². The van der Waals surface area contributed by atoms with Crippen LogP contribution < -0.4 is 5.32 Å². The van der Waals surface area contributed by atoms with E-state index in [4.69, 9.17) is 4.74 Å². The maximum absolute atomic E-state index is 11.2. The molecule has 0 bridgehead atoms. The molecule has 0 aliphatic rings. The molecular formula is C18H32N4O2. The number of ether oxygens (including phenoxy) is 1. The van der Waals surface area contributed by atoms with Crippen molar-refractivity contribution in [2.75, 3.05) is 27.2 Å². The highest BCUT2D eigenvalue weighted by Crippen LogP contribution is 2.05. The second-order valence-corrected chi connectivity index (χ2v) is 5.91. The molecule has 0 saturated carbocycles. The molecule has 1 N–H and O–H groups in total. The molecule has 1 aromatic heterocycles. The third-order valence-corrected chi connectivity index (χ3v) is 3.92. The lowest BCUT2D eigenvalue weighted by Crippen LogP contribution is -2.39. The lowest BCUT2D eigenvalue weighted by molar-refractivity contribution is -0.143. The molecule has 24 heavy (non-hydrogen) atoms. The minimum atomic E-state index is -0.0849. The number of aliphatic imine (C=N–C) groups is 1. The SMILES string of the molecule is CCOC(=O)CCCCCCNC(=NC)N(C)Cc1cccn1C. The number of aromatic nitrogens is 1. The molecular weight excluding hydrogens is 304 g/mol. The van der Waals surface area contributed by atoms with E-state index in [-0.39, 0.29) is 5.97 Å². The van der Waals surface area contributed by atoms with E-state index < -0.39 is 0 Å². The van der Waals surface area contributed by atoms with E-state index in [1.807, 2.05) is 21.0 Å². The molecule has 0 aliphatic heterocycles. The second-order valence-electron chi connectivity index (χ2n) is 5.91. The van der Waals surface area contributed by atoms with E-state index in [2.05, 4.69) is 45.2 Å². The lowest BCUT2D eigenvalue weighted by atomic mass is 10.1. The van der Waals surface area contributed by atoms with E-state index in [9.17, 15) is 4.79 Å². The van der Waals surface area contributed by atoms with Crippen molar-refractivity contribution in [1.82, 2.24) is 14.8 Å². The van der Waals surface area contributed by atoms with Crippen LogP contribution in [0.1, 0.15) is 44.7 Å². The van der Waals surface area contributed by atoms with Crippen LogP contribution in [0.2, 0.25) is 0 Å². The first-order chi connectivity index (χ1) is 11.6. The third kappa shape index (κ3) is 7.53. The van der Waals surface area contributed by atoms with Gasteiger partial charge >= 0.3 is 5.97 Å². The molecule has 0 amide bonds. The molecule has 0 aliphatic carbocycles. The molecule has 0 saturated heterocycles. The van der Waals surface area contributed by atoms with E-state index in [0.717, 1.165) is 44.7 Å². The Balaban J connectivity index is 2.16. The fourth-order valence-electron chi connectivity index (χ4n) is 2.54. The smallest absolute Gasteiger partial charge is 0.305 e. The molecule has 0 fully saturated rings. The summed E-state index contributed by atoms with van der Waals surface area (Å²) in [5.74, 6) is 0.820. The van der Waals surface area contributed by atoms with Crippen molar-refractivity contribution in [2.24, 2.45) is 12.0 Å². The second kappa shape index (κ2) is 11.5. The Morgan fingerprint density at radius 2 is 2.08 bits per heavy atom. The van der Waals surface area contributed by atoms with E-state index in [0.29, 0.717) is 13.0 Å². The minimum Gasteiger partial charge on any atom is -0.466 e.